The number of amides is 1. The lowest BCUT2D eigenvalue weighted by Crippen LogP contribution is -2.28. The number of aryl methyl sites for hydroxylation is 2. The van der Waals surface area contributed by atoms with Gasteiger partial charge in [-0.2, -0.15) is 0 Å². The van der Waals surface area contributed by atoms with Crippen LogP contribution in [-0.2, 0) is 0 Å². The maximum absolute atomic E-state index is 13.3. The largest absolute Gasteiger partial charge is 0.387 e. The third-order valence-electron chi connectivity index (χ3n) is 4.15. The van der Waals surface area contributed by atoms with Crippen molar-refractivity contribution in [3.05, 3.63) is 75.2 Å². The Morgan fingerprint density at radius 3 is 2.50 bits per heavy atom. The number of rotatable bonds is 5. The van der Waals surface area contributed by atoms with Crippen molar-refractivity contribution in [1.29, 1.82) is 0 Å². The first kappa shape index (κ1) is 18.3. The molecule has 0 saturated heterocycles. The number of nitrogens with zero attached hydrogens (tertiary/aromatic N) is 1. The number of aliphatic hydroxyl groups excluding tert-OH is 1. The molecule has 26 heavy (non-hydrogen) atoms. The summed E-state index contributed by atoms with van der Waals surface area (Å²) in [6.07, 6.45) is -1.13. The average Bonchev–Trinajstić information content (AvgIpc) is 3.21. The van der Waals surface area contributed by atoms with E-state index in [1.165, 1.54) is 17.4 Å². The van der Waals surface area contributed by atoms with E-state index in [4.69, 9.17) is 0 Å². The Kier molecular flexibility index (Phi) is 5.20. The first-order valence-corrected chi connectivity index (χ1v) is 8.90. The topological polar surface area (TPSA) is 54.3 Å². The van der Waals surface area contributed by atoms with Gasteiger partial charge in [0.25, 0.3) is 5.91 Å². The van der Waals surface area contributed by atoms with Crippen LogP contribution in [0.5, 0.6) is 0 Å². The quantitative estimate of drug-likeness (QED) is 0.710. The molecular weight excluding hydrogens is 358 g/mol. The first-order valence-electron chi connectivity index (χ1n) is 8.02. The van der Waals surface area contributed by atoms with Gasteiger partial charge in [-0.05, 0) is 55.1 Å². The summed E-state index contributed by atoms with van der Waals surface area (Å²) in [5.41, 5.74) is 3.00. The lowest BCUT2D eigenvalue weighted by molar-refractivity contribution is 0.0920. The summed E-state index contributed by atoms with van der Waals surface area (Å²) in [7, 11) is 0. The maximum atomic E-state index is 13.3. The Bertz CT molecular complexity index is 929. The van der Waals surface area contributed by atoms with E-state index in [1.807, 2.05) is 42.0 Å². The highest BCUT2D eigenvalue weighted by molar-refractivity contribution is 7.12. The Morgan fingerprint density at radius 2 is 1.85 bits per heavy atom. The van der Waals surface area contributed by atoms with Crippen LogP contribution in [0.4, 0.5) is 8.78 Å². The highest BCUT2D eigenvalue weighted by atomic mass is 32.1. The number of nitrogens with one attached hydrogen (secondary N) is 1. The van der Waals surface area contributed by atoms with Crippen LogP contribution in [0, 0.1) is 25.5 Å². The fraction of sp³-hybridized carbons (Fsp3) is 0.211. The predicted octanol–water partition coefficient (Wildman–Crippen LogP) is 3.90. The molecule has 7 heteroatoms. The van der Waals surface area contributed by atoms with E-state index in [0.717, 1.165) is 29.2 Å². The van der Waals surface area contributed by atoms with E-state index >= 15 is 0 Å². The minimum absolute atomic E-state index is 0.106. The van der Waals surface area contributed by atoms with Crippen molar-refractivity contribution >= 4 is 17.2 Å². The Morgan fingerprint density at radius 1 is 1.15 bits per heavy atom. The Balaban J connectivity index is 1.73. The number of hydrogen-bond donors (Lipinski definition) is 2. The van der Waals surface area contributed by atoms with Gasteiger partial charge in [0.2, 0.25) is 0 Å². The molecular formula is C19H18F2N2O2S. The third kappa shape index (κ3) is 3.54. The molecule has 0 spiro atoms. The Labute approximate surface area is 153 Å². The standard InChI is InChI=1S/C19H18F2N2O2S/c1-11-3-4-12(2)23(11)16-7-8-26-18(16)19(25)22-10-17(24)13-5-6-14(20)15(21)9-13/h3-9,17,24H,10H2,1-2H3,(H,22,25)/t17-/m0/s1. The van der Waals surface area contributed by atoms with Gasteiger partial charge in [0.05, 0.1) is 11.8 Å². The second-order valence-electron chi connectivity index (χ2n) is 5.99. The molecule has 0 fully saturated rings. The second-order valence-corrected chi connectivity index (χ2v) is 6.90. The van der Waals surface area contributed by atoms with Gasteiger partial charge < -0.3 is 15.0 Å². The van der Waals surface area contributed by atoms with Crippen molar-refractivity contribution in [2.24, 2.45) is 0 Å². The molecule has 1 amide bonds. The van der Waals surface area contributed by atoms with E-state index in [1.54, 1.807) is 0 Å². The fourth-order valence-corrected chi connectivity index (χ4v) is 3.60. The smallest absolute Gasteiger partial charge is 0.263 e. The fourth-order valence-electron chi connectivity index (χ4n) is 2.80. The number of thiophene rings is 1. The zero-order chi connectivity index (χ0) is 18.8. The van der Waals surface area contributed by atoms with Crippen LogP contribution in [0.2, 0.25) is 0 Å². The minimum Gasteiger partial charge on any atom is -0.387 e. The van der Waals surface area contributed by atoms with E-state index in [9.17, 15) is 18.7 Å². The average molecular weight is 376 g/mol. The van der Waals surface area contributed by atoms with Crippen molar-refractivity contribution in [3.8, 4) is 5.69 Å². The highest BCUT2D eigenvalue weighted by Gasteiger charge is 2.18. The van der Waals surface area contributed by atoms with Crippen molar-refractivity contribution in [3.63, 3.8) is 0 Å². The van der Waals surface area contributed by atoms with Crippen LogP contribution < -0.4 is 5.32 Å². The van der Waals surface area contributed by atoms with Crippen LogP contribution in [-0.4, -0.2) is 22.1 Å². The number of aromatic nitrogens is 1. The predicted molar refractivity (Wildman–Crippen MR) is 96.8 cm³/mol. The van der Waals surface area contributed by atoms with Gasteiger partial charge in [-0.1, -0.05) is 6.07 Å². The van der Waals surface area contributed by atoms with Crippen molar-refractivity contribution in [1.82, 2.24) is 9.88 Å². The van der Waals surface area contributed by atoms with E-state index in [-0.39, 0.29) is 18.0 Å². The van der Waals surface area contributed by atoms with E-state index in [2.05, 4.69) is 5.32 Å². The van der Waals surface area contributed by atoms with Crippen molar-refractivity contribution in [2.75, 3.05) is 6.54 Å². The molecule has 2 N–H and O–H groups in total. The van der Waals surface area contributed by atoms with Gasteiger partial charge in [-0.25, -0.2) is 8.78 Å². The summed E-state index contributed by atoms with van der Waals surface area (Å²) in [4.78, 5) is 13.1. The van der Waals surface area contributed by atoms with E-state index < -0.39 is 17.7 Å². The molecule has 1 aromatic carbocycles. The van der Waals surface area contributed by atoms with Crippen molar-refractivity contribution in [2.45, 2.75) is 20.0 Å². The van der Waals surface area contributed by atoms with Gasteiger partial charge in [0.1, 0.15) is 4.88 Å². The zero-order valence-corrected chi connectivity index (χ0v) is 15.1. The minimum atomic E-state index is -1.13. The van der Waals surface area contributed by atoms with Crippen LogP contribution in [0.3, 0.4) is 0 Å². The molecule has 4 nitrogen and oxygen atoms in total. The van der Waals surface area contributed by atoms with Crippen LogP contribution in [0.15, 0.2) is 41.8 Å². The molecule has 0 aliphatic rings. The van der Waals surface area contributed by atoms with Crippen molar-refractivity contribution < 1.29 is 18.7 Å². The maximum Gasteiger partial charge on any atom is 0.263 e. The van der Waals surface area contributed by atoms with Gasteiger partial charge in [0.15, 0.2) is 11.6 Å². The Hall–Kier alpha value is -2.51. The lowest BCUT2D eigenvalue weighted by atomic mass is 10.1. The first-order chi connectivity index (χ1) is 12.4. The molecule has 0 aliphatic carbocycles. The number of benzene rings is 1. The summed E-state index contributed by atoms with van der Waals surface area (Å²) >= 11 is 1.30. The SMILES string of the molecule is Cc1ccc(C)n1-c1ccsc1C(=O)NC[C@H](O)c1ccc(F)c(F)c1. The molecule has 2 heterocycles. The molecule has 1 atom stereocenters. The van der Waals surface area contributed by atoms with Gasteiger partial charge in [0, 0.05) is 17.9 Å². The molecule has 3 rings (SSSR count). The highest BCUT2D eigenvalue weighted by Crippen LogP contribution is 2.25. The normalized spacial score (nSPS) is 12.2. The summed E-state index contributed by atoms with van der Waals surface area (Å²) in [5.74, 6) is -2.35. The number of hydrogen-bond acceptors (Lipinski definition) is 3. The molecule has 0 saturated carbocycles. The molecule has 0 aliphatic heterocycles. The number of halogens is 2. The molecule has 136 valence electrons. The zero-order valence-electron chi connectivity index (χ0n) is 14.3. The van der Waals surface area contributed by atoms with Crippen LogP contribution in [0.1, 0.15) is 32.7 Å². The van der Waals surface area contributed by atoms with Crippen LogP contribution >= 0.6 is 11.3 Å². The van der Waals surface area contributed by atoms with Gasteiger partial charge in [-0.15, -0.1) is 11.3 Å². The molecule has 0 unspecified atom stereocenters. The van der Waals surface area contributed by atoms with Gasteiger partial charge >= 0.3 is 0 Å². The molecule has 2 aromatic heterocycles. The lowest BCUT2D eigenvalue weighted by Gasteiger charge is -2.14. The third-order valence-corrected chi connectivity index (χ3v) is 5.05. The monoisotopic (exact) mass is 376 g/mol. The molecule has 3 aromatic rings. The number of carbonyl (C=O) groups excluding carboxylic acids is 1. The molecule has 0 bridgehead atoms. The number of aliphatic hydroxyl groups is 1. The molecule has 0 radical (unpaired) electrons. The summed E-state index contributed by atoms with van der Waals surface area (Å²) in [5, 5.41) is 14.6. The number of carbonyl (C=O) groups is 1. The second kappa shape index (κ2) is 7.39. The summed E-state index contributed by atoms with van der Waals surface area (Å²) < 4.78 is 28.2. The van der Waals surface area contributed by atoms with E-state index in [0.29, 0.717) is 4.88 Å². The van der Waals surface area contributed by atoms with Gasteiger partial charge in [-0.3, -0.25) is 4.79 Å². The summed E-state index contributed by atoms with van der Waals surface area (Å²) in [6, 6.07) is 8.98. The van der Waals surface area contributed by atoms with Crippen LogP contribution in [0.25, 0.3) is 5.69 Å². The summed E-state index contributed by atoms with van der Waals surface area (Å²) in [6.45, 7) is 3.81.